The minimum absolute atomic E-state index is 0.219. The molecule has 2 aliphatic rings. The molecule has 0 spiro atoms. The topological polar surface area (TPSA) is 125 Å². The number of hydrogen-bond acceptors (Lipinski definition) is 9. The van der Waals surface area contributed by atoms with Crippen LogP contribution in [-0.2, 0) is 37.3 Å². The van der Waals surface area contributed by atoms with Crippen molar-refractivity contribution in [2.24, 2.45) is 0 Å². The second-order valence-electron chi connectivity index (χ2n) is 14.1. The van der Waals surface area contributed by atoms with Crippen LogP contribution in [0.1, 0.15) is 75.3 Å². The molecule has 284 valence electrons. The Hall–Kier alpha value is -4.69. The van der Waals surface area contributed by atoms with Crippen molar-refractivity contribution >= 4 is 39.9 Å². The van der Waals surface area contributed by atoms with Gasteiger partial charge in [-0.25, -0.2) is 14.1 Å². The number of fused-ring (bicyclic) bond motifs is 1. The quantitative estimate of drug-likeness (QED) is 0.113. The molecular formula is C41H49FN8O3S. The van der Waals surface area contributed by atoms with Crippen molar-refractivity contribution in [3.63, 3.8) is 0 Å². The highest BCUT2D eigenvalue weighted by Gasteiger charge is 2.23. The first-order chi connectivity index (χ1) is 26.3. The number of nitrogens with zero attached hydrogens (tertiary/aromatic N) is 4. The molecule has 7 rings (SSSR count). The van der Waals surface area contributed by atoms with Gasteiger partial charge in [0.1, 0.15) is 5.82 Å². The highest BCUT2D eigenvalue weighted by atomic mass is 32.1. The van der Waals surface area contributed by atoms with E-state index in [2.05, 4.69) is 51.2 Å². The Morgan fingerprint density at radius 2 is 1.78 bits per heavy atom. The summed E-state index contributed by atoms with van der Waals surface area (Å²) in [5.41, 5.74) is 6.85. The molecular weight excluding hydrogens is 704 g/mol. The van der Waals surface area contributed by atoms with Crippen molar-refractivity contribution in [2.75, 3.05) is 38.2 Å². The third-order valence-electron chi connectivity index (χ3n) is 10.2. The number of halogens is 1. The van der Waals surface area contributed by atoms with E-state index in [1.165, 1.54) is 6.07 Å². The first kappa shape index (κ1) is 37.6. The van der Waals surface area contributed by atoms with Gasteiger partial charge in [0, 0.05) is 87.9 Å². The van der Waals surface area contributed by atoms with Gasteiger partial charge < -0.3 is 26.0 Å². The molecule has 0 unspecified atom stereocenters. The van der Waals surface area contributed by atoms with Crippen LogP contribution >= 0.6 is 11.3 Å². The number of nitrogens with one attached hydrogen (secondary N) is 4. The molecule has 5 aromatic rings. The number of carbonyl (C=O) groups is 2. The van der Waals surface area contributed by atoms with Crippen LogP contribution in [0.3, 0.4) is 0 Å². The number of amides is 2. The second kappa shape index (κ2) is 17.2. The average molecular weight is 753 g/mol. The molecule has 2 amide bonds. The van der Waals surface area contributed by atoms with Gasteiger partial charge in [-0.3, -0.25) is 14.5 Å². The summed E-state index contributed by atoms with van der Waals surface area (Å²) < 4.78 is 22.6. The molecule has 54 heavy (non-hydrogen) atoms. The van der Waals surface area contributed by atoms with Gasteiger partial charge in [-0.15, -0.1) is 11.3 Å². The van der Waals surface area contributed by atoms with E-state index in [0.717, 1.165) is 95.0 Å². The Labute approximate surface area is 319 Å². The number of anilines is 1. The van der Waals surface area contributed by atoms with Gasteiger partial charge in [0.15, 0.2) is 5.65 Å². The summed E-state index contributed by atoms with van der Waals surface area (Å²) in [4.78, 5) is 34.9. The molecule has 11 nitrogen and oxygen atoms in total. The van der Waals surface area contributed by atoms with Crippen LogP contribution in [0.25, 0.3) is 22.2 Å². The maximum atomic E-state index is 15.1. The van der Waals surface area contributed by atoms with E-state index in [-0.39, 0.29) is 36.8 Å². The van der Waals surface area contributed by atoms with E-state index < -0.39 is 0 Å². The Morgan fingerprint density at radius 1 is 1.00 bits per heavy atom. The molecule has 13 heteroatoms. The van der Waals surface area contributed by atoms with Gasteiger partial charge in [-0.05, 0) is 80.1 Å². The van der Waals surface area contributed by atoms with Crippen molar-refractivity contribution < 1.29 is 18.7 Å². The van der Waals surface area contributed by atoms with E-state index in [1.54, 1.807) is 24.3 Å². The number of piperazine rings is 1. The van der Waals surface area contributed by atoms with Crippen LogP contribution in [-0.4, -0.2) is 76.4 Å². The second-order valence-corrected chi connectivity index (χ2v) is 15.2. The van der Waals surface area contributed by atoms with E-state index in [0.29, 0.717) is 47.5 Å². The van der Waals surface area contributed by atoms with E-state index in [1.807, 2.05) is 36.0 Å². The van der Waals surface area contributed by atoms with Crippen molar-refractivity contribution in [3.8, 4) is 11.1 Å². The number of aromatic nitrogens is 3. The molecule has 0 aliphatic carbocycles. The predicted octanol–water partition coefficient (Wildman–Crippen LogP) is 6.13. The van der Waals surface area contributed by atoms with Crippen molar-refractivity contribution in [1.29, 1.82) is 0 Å². The van der Waals surface area contributed by atoms with Gasteiger partial charge in [0.25, 0.3) is 11.8 Å². The fourth-order valence-corrected chi connectivity index (χ4v) is 8.20. The average Bonchev–Trinajstić information content (AvgIpc) is 3.85. The van der Waals surface area contributed by atoms with E-state index >= 15 is 4.39 Å². The minimum Gasteiger partial charge on any atom is -0.381 e. The minimum atomic E-state index is -0.309. The summed E-state index contributed by atoms with van der Waals surface area (Å²) in [5.74, 6) is -0.869. The standard InChI is InChI=1S/C41H49FN8O3S/c1-4-35-32(38(47-30-13-17-53-18-14-30)33-23-46-50(5-2)39(33)48-35)22-45-41(52)37-12-11-36(54-37)40(51)44-21-27-9-10-34(42)31(20-27)29-8-6-7-28(19-29)25-49-16-15-43-26(3)24-49/h6-12,19-20,23,26,30,43H,4-5,13-18,21-22,24-25H2,1-3H3,(H,44,51)(H,45,52)(H,47,48)/t26-/m0/s1. The van der Waals surface area contributed by atoms with Gasteiger partial charge >= 0.3 is 0 Å². The molecule has 4 N–H and O–H groups in total. The Morgan fingerprint density at radius 3 is 2.52 bits per heavy atom. The normalized spacial score (nSPS) is 16.8. The Bertz CT molecular complexity index is 2110. The number of benzene rings is 2. The maximum Gasteiger partial charge on any atom is 0.261 e. The number of pyridine rings is 1. The molecule has 3 aromatic heterocycles. The lowest BCUT2D eigenvalue weighted by atomic mass is 10.00. The summed E-state index contributed by atoms with van der Waals surface area (Å²) in [7, 11) is 0. The lowest BCUT2D eigenvalue weighted by Gasteiger charge is -2.31. The summed E-state index contributed by atoms with van der Waals surface area (Å²) in [5, 5.41) is 18.8. The van der Waals surface area contributed by atoms with Crippen LogP contribution in [0.4, 0.5) is 10.1 Å². The van der Waals surface area contributed by atoms with Crippen molar-refractivity contribution in [3.05, 3.63) is 98.7 Å². The van der Waals surface area contributed by atoms with Crippen molar-refractivity contribution in [2.45, 2.75) is 78.3 Å². The van der Waals surface area contributed by atoms with Gasteiger partial charge in [-0.2, -0.15) is 5.10 Å². The summed E-state index contributed by atoms with van der Waals surface area (Å²) >= 11 is 1.14. The summed E-state index contributed by atoms with van der Waals surface area (Å²) in [6.45, 7) is 12.6. The first-order valence-electron chi connectivity index (χ1n) is 19.0. The molecule has 0 bridgehead atoms. The largest absolute Gasteiger partial charge is 0.381 e. The zero-order chi connectivity index (χ0) is 37.6. The molecule has 1 atom stereocenters. The number of aryl methyl sites for hydroxylation is 2. The van der Waals surface area contributed by atoms with E-state index in [4.69, 9.17) is 9.72 Å². The molecule has 5 heterocycles. The third kappa shape index (κ3) is 8.65. The number of hydrogen-bond donors (Lipinski definition) is 4. The van der Waals surface area contributed by atoms with Crippen LogP contribution in [0.2, 0.25) is 0 Å². The van der Waals surface area contributed by atoms with E-state index in [9.17, 15) is 9.59 Å². The Kier molecular flexibility index (Phi) is 12.0. The van der Waals surface area contributed by atoms with Crippen LogP contribution in [0.5, 0.6) is 0 Å². The predicted molar refractivity (Wildman–Crippen MR) is 211 cm³/mol. The van der Waals surface area contributed by atoms with Gasteiger partial charge in [-0.1, -0.05) is 31.2 Å². The molecule has 0 radical (unpaired) electrons. The zero-order valence-electron chi connectivity index (χ0n) is 31.2. The monoisotopic (exact) mass is 752 g/mol. The smallest absolute Gasteiger partial charge is 0.261 e. The fourth-order valence-electron chi connectivity index (χ4n) is 7.36. The summed E-state index contributed by atoms with van der Waals surface area (Å²) in [6, 6.07) is 17.0. The number of thiophene rings is 1. The molecule has 2 fully saturated rings. The Balaban J connectivity index is 0.998. The number of carbonyl (C=O) groups excluding carboxylic acids is 2. The van der Waals surface area contributed by atoms with Crippen molar-refractivity contribution in [1.82, 2.24) is 35.6 Å². The first-order valence-corrected chi connectivity index (χ1v) is 19.8. The number of ether oxygens (including phenoxy) is 1. The zero-order valence-corrected chi connectivity index (χ0v) is 32.0. The van der Waals surface area contributed by atoms with Gasteiger partial charge in [0.05, 0.1) is 27.0 Å². The molecule has 0 saturated carbocycles. The third-order valence-corrected chi connectivity index (χ3v) is 11.3. The van der Waals surface area contributed by atoms with Crippen LogP contribution in [0, 0.1) is 5.82 Å². The lowest BCUT2D eigenvalue weighted by molar-refractivity contribution is 0.0904. The molecule has 2 aromatic carbocycles. The highest BCUT2D eigenvalue weighted by molar-refractivity contribution is 7.15. The SMILES string of the molecule is CCc1nc2c(cnn2CC)c(NC2CCOCC2)c1CNC(=O)c1ccc(C(=O)NCc2ccc(F)c(-c3cccc(CN4CCN[C@@H](C)C4)c3)c2)s1. The van der Waals surface area contributed by atoms with Gasteiger partial charge in [0.2, 0.25) is 0 Å². The molecule has 2 aliphatic heterocycles. The lowest BCUT2D eigenvalue weighted by Crippen LogP contribution is -2.48. The highest BCUT2D eigenvalue weighted by Crippen LogP contribution is 2.32. The summed E-state index contributed by atoms with van der Waals surface area (Å²) in [6.07, 6.45) is 4.33. The number of rotatable bonds is 13. The van der Waals surface area contributed by atoms with Crippen LogP contribution in [0.15, 0.2) is 60.8 Å². The maximum absolute atomic E-state index is 15.1. The van der Waals surface area contributed by atoms with Crippen LogP contribution < -0.4 is 21.3 Å². The molecule has 2 saturated heterocycles. The fraction of sp³-hybridized carbons (Fsp3) is 0.415.